The van der Waals surface area contributed by atoms with Crippen molar-refractivity contribution in [2.45, 2.75) is 12.5 Å². The Morgan fingerprint density at radius 2 is 1.88 bits per heavy atom. The number of hydrogen-bond acceptors (Lipinski definition) is 2. The highest BCUT2D eigenvalue weighted by atomic mass is 35.5. The van der Waals surface area contributed by atoms with Crippen molar-refractivity contribution < 1.29 is 0 Å². The van der Waals surface area contributed by atoms with E-state index in [-0.39, 0.29) is 0 Å². The van der Waals surface area contributed by atoms with Crippen LogP contribution in [-0.2, 0) is 12.6 Å². The molecule has 0 amide bonds. The maximum atomic E-state index is 6.33. The van der Waals surface area contributed by atoms with E-state index in [9.17, 15) is 0 Å². The molecule has 1 aromatic carbocycles. The summed E-state index contributed by atoms with van der Waals surface area (Å²) >= 11 is 5.85. The summed E-state index contributed by atoms with van der Waals surface area (Å²) in [6, 6.07) is 7.57. The molecular weight excluding hydrogens is 222 g/mol. The summed E-state index contributed by atoms with van der Waals surface area (Å²) in [7, 11) is 1.88. The Bertz CT molecular complexity index is 485. The molecule has 3 nitrogen and oxygen atoms in total. The number of hydrogen-bond donors (Lipinski definition) is 1. The molecular formula is C12H14ClN3. The molecule has 2 N–H and O–H groups in total. The fourth-order valence-electron chi connectivity index (χ4n) is 1.65. The first kappa shape index (κ1) is 11.2. The summed E-state index contributed by atoms with van der Waals surface area (Å²) in [6.07, 6.45) is 3.71. The third-order valence-electron chi connectivity index (χ3n) is 2.75. The lowest BCUT2D eigenvalue weighted by Gasteiger charge is -2.23. The molecule has 0 spiro atoms. The van der Waals surface area contributed by atoms with Gasteiger partial charge in [-0.25, -0.2) is 0 Å². The Hall–Kier alpha value is -1.32. The van der Waals surface area contributed by atoms with Gasteiger partial charge in [0.05, 0.1) is 11.7 Å². The van der Waals surface area contributed by atoms with Crippen molar-refractivity contribution in [1.29, 1.82) is 0 Å². The molecule has 0 saturated heterocycles. The van der Waals surface area contributed by atoms with Gasteiger partial charge in [0.25, 0.3) is 0 Å². The van der Waals surface area contributed by atoms with Crippen LogP contribution >= 0.6 is 11.6 Å². The van der Waals surface area contributed by atoms with Crippen molar-refractivity contribution in [3.63, 3.8) is 0 Å². The van der Waals surface area contributed by atoms with Crippen molar-refractivity contribution in [2.24, 2.45) is 12.8 Å². The van der Waals surface area contributed by atoms with Gasteiger partial charge in [0.2, 0.25) is 0 Å². The molecule has 0 bridgehead atoms. The van der Waals surface area contributed by atoms with E-state index in [0.29, 0.717) is 5.02 Å². The lowest BCUT2D eigenvalue weighted by atomic mass is 9.88. The largest absolute Gasteiger partial charge is 0.318 e. The van der Waals surface area contributed by atoms with Crippen molar-refractivity contribution in [1.82, 2.24) is 9.78 Å². The average Bonchev–Trinajstić information content (AvgIpc) is 2.66. The van der Waals surface area contributed by atoms with E-state index < -0.39 is 5.54 Å². The molecule has 84 valence electrons. The van der Waals surface area contributed by atoms with E-state index in [1.165, 1.54) is 0 Å². The highest BCUT2D eigenvalue weighted by Crippen LogP contribution is 2.26. The molecule has 0 aliphatic rings. The van der Waals surface area contributed by atoms with Gasteiger partial charge in [-0.15, -0.1) is 0 Å². The maximum Gasteiger partial charge on any atom is 0.0667 e. The predicted octanol–water partition coefficient (Wildman–Crippen LogP) is 2.30. The highest BCUT2D eigenvalue weighted by Gasteiger charge is 2.24. The maximum absolute atomic E-state index is 6.33. The van der Waals surface area contributed by atoms with Crippen molar-refractivity contribution in [3.8, 4) is 0 Å². The number of nitrogens with two attached hydrogens (primary N) is 1. The van der Waals surface area contributed by atoms with Gasteiger partial charge in [-0.2, -0.15) is 5.10 Å². The van der Waals surface area contributed by atoms with E-state index in [2.05, 4.69) is 5.10 Å². The number of aryl methyl sites for hydroxylation is 1. The van der Waals surface area contributed by atoms with E-state index in [1.54, 1.807) is 10.9 Å². The summed E-state index contributed by atoms with van der Waals surface area (Å²) in [5.74, 6) is 0. The van der Waals surface area contributed by atoms with Crippen LogP contribution in [0.15, 0.2) is 36.7 Å². The van der Waals surface area contributed by atoms with E-state index in [1.807, 2.05) is 44.4 Å². The van der Waals surface area contributed by atoms with Crippen molar-refractivity contribution >= 4 is 11.6 Å². The zero-order valence-corrected chi connectivity index (χ0v) is 10.1. The monoisotopic (exact) mass is 235 g/mol. The minimum atomic E-state index is -0.543. The van der Waals surface area contributed by atoms with E-state index >= 15 is 0 Å². The zero-order chi connectivity index (χ0) is 11.8. The van der Waals surface area contributed by atoms with Crippen molar-refractivity contribution in [2.75, 3.05) is 0 Å². The molecule has 16 heavy (non-hydrogen) atoms. The van der Waals surface area contributed by atoms with Crippen molar-refractivity contribution in [3.05, 3.63) is 52.8 Å². The molecule has 0 saturated carbocycles. The third kappa shape index (κ3) is 1.96. The van der Waals surface area contributed by atoms with Crippen LogP contribution in [-0.4, -0.2) is 9.78 Å². The molecule has 0 aliphatic carbocycles. The minimum absolute atomic E-state index is 0.543. The van der Waals surface area contributed by atoms with E-state index in [4.69, 9.17) is 17.3 Å². The molecule has 4 heteroatoms. The Kier molecular flexibility index (Phi) is 2.74. The van der Waals surface area contributed by atoms with Gasteiger partial charge < -0.3 is 5.73 Å². The standard InChI is InChI=1S/C12H14ClN3/c1-12(14,10-7-15-16(2)8-10)9-3-5-11(13)6-4-9/h3-8H,14H2,1-2H3. The number of aromatic nitrogens is 2. The topological polar surface area (TPSA) is 43.8 Å². The van der Waals surface area contributed by atoms with Gasteiger partial charge >= 0.3 is 0 Å². The second-order valence-corrected chi connectivity index (χ2v) is 4.55. The molecule has 0 radical (unpaired) electrons. The molecule has 0 aliphatic heterocycles. The predicted molar refractivity (Wildman–Crippen MR) is 65.3 cm³/mol. The molecule has 1 heterocycles. The number of nitrogens with zero attached hydrogens (tertiary/aromatic N) is 2. The van der Waals surface area contributed by atoms with Crippen LogP contribution in [0.4, 0.5) is 0 Å². The summed E-state index contributed by atoms with van der Waals surface area (Å²) in [6.45, 7) is 1.97. The van der Waals surface area contributed by atoms with Gasteiger partial charge in [-0.3, -0.25) is 4.68 Å². The highest BCUT2D eigenvalue weighted by molar-refractivity contribution is 6.30. The molecule has 0 fully saturated rings. The molecule has 2 rings (SSSR count). The smallest absolute Gasteiger partial charge is 0.0667 e. The van der Waals surface area contributed by atoms with Crippen LogP contribution in [0.1, 0.15) is 18.1 Å². The summed E-state index contributed by atoms with van der Waals surface area (Å²) in [5.41, 5.74) is 7.79. The Morgan fingerprint density at radius 3 is 2.38 bits per heavy atom. The van der Waals surface area contributed by atoms with Gasteiger partial charge in [0.15, 0.2) is 0 Å². The average molecular weight is 236 g/mol. The Morgan fingerprint density at radius 1 is 1.25 bits per heavy atom. The van der Waals surface area contributed by atoms with Crippen LogP contribution in [0.3, 0.4) is 0 Å². The van der Waals surface area contributed by atoms with Crippen LogP contribution in [0.5, 0.6) is 0 Å². The second-order valence-electron chi connectivity index (χ2n) is 4.11. The lowest BCUT2D eigenvalue weighted by molar-refractivity contribution is 0.602. The Labute approximate surface area is 99.8 Å². The molecule has 1 aromatic heterocycles. The first-order valence-electron chi connectivity index (χ1n) is 5.04. The first-order chi connectivity index (χ1) is 7.50. The van der Waals surface area contributed by atoms with Crippen LogP contribution in [0, 0.1) is 0 Å². The normalized spacial score (nSPS) is 14.8. The fourth-order valence-corrected chi connectivity index (χ4v) is 1.78. The van der Waals surface area contributed by atoms with Gasteiger partial charge in [-0.05, 0) is 24.6 Å². The van der Waals surface area contributed by atoms with Gasteiger partial charge in [0, 0.05) is 23.8 Å². The lowest BCUT2D eigenvalue weighted by Crippen LogP contribution is -2.33. The first-order valence-corrected chi connectivity index (χ1v) is 5.42. The third-order valence-corrected chi connectivity index (χ3v) is 3.00. The molecule has 1 unspecified atom stereocenters. The number of halogens is 1. The Balaban J connectivity index is 2.42. The summed E-state index contributed by atoms with van der Waals surface area (Å²) in [5, 5.41) is 4.85. The van der Waals surface area contributed by atoms with Gasteiger partial charge in [-0.1, -0.05) is 23.7 Å². The van der Waals surface area contributed by atoms with Crippen LogP contribution < -0.4 is 5.73 Å². The SMILES string of the molecule is Cn1cc(C(C)(N)c2ccc(Cl)cc2)cn1. The number of rotatable bonds is 2. The second kappa shape index (κ2) is 3.92. The van der Waals surface area contributed by atoms with Gasteiger partial charge in [0.1, 0.15) is 0 Å². The summed E-state index contributed by atoms with van der Waals surface area (Å²) < 4.78 is 1.75. The van der Waals surface area contributed by atoms with Crippen LogP contribution in [0.25, 0.3) is 0 Å². The summed E-state index contributed by atoms with van der Waals surface area (Å²) in [4.78, 5) is 0. The zero-order valence-electron chi connectivity index (χ0n) is 9.31. The quantitative estimate of drug-likeness (QED) is 0.868. The van der Waals surface area contributed by atoms with Crippen LogP contribution in [0.2, 0.25) is 5.02 Å². The molecule has 2 aromatic rings. The minimum Gasteiger partial charge on any atom is -0.318 e. The fraction of sp³-hybridized carbons (Fsp3) is 0.250. The number of benzene rings is 1. The van der Waals surface area contributed by atoms with E-state index in [0.717, 1.165) is 11.1 Å². The molecule has 1 atom stereocenters.